The number of aryl methyl sites for hydroxylation is 6. The Morgan fingerprint density at radius 2 is 0.726 bits per heavy atom. The van der Waals surface area contributed by atoms with Crippen LogP contribution < -0.4 is 27.7 Å². The van der Waals surface area contributed by atoms with E-state index in [2.05, 4.69) is 50.2 Å². The van der Waals surface area contributed by atoms with Crippen LogP contribution in [0.3, 0.4) is 0 Å². The molecule has 522 valence electrons. The summed E-state index contributed by atoms with van der Waals surface area (Å²) in [6.45, 7) is 0. The van der Waals surface area contributed by atoms with E-state index >= 15 is 0 Å². The minimum atomic E-state index is -1.52. The van der Waals surface area contributed by atoms with Crippen molar-refractivity contribution in [3.05, 3.63) is 369 Å². The lowest BCUT2D eigenvalue weighted by molar-refractivity contribution is 0.117. The zero-order valence-electron chi connectivity index (χ0n) is 58.9. The first-order chi connectivity index (χ1) is 51.0. The normalized spacial score (nSPS) is 12.9. The summed E-state index contributed by atoms with van der Waals surface area (Å²) in [7, 11) is 13.0. The molecule has 15 rings (SSSR count). The average Bonchev–Trinajstić information content (AvgIpc) is 1.05. The largest absolute Gasteiger partial charge is 0.374 e. The maximum absolute atomic E-state index is 12.9. The minimum absolute atomic E-state index is 0.0828. The SMILES string of the molecule is C#Cc1cccc(-c2cc(=O)n(C)c3ccc([C@](N)(c4ccc(Cl)cc4)c4cncn4C)cc23)c1.C#Cc1cccc(-c2cc(=O)n(C)c3ccc([C@](NC)(c4ccc(Cl)cc4)c4cncn4C)cc23)c1.C#Cc1cccc(-c2cc(=O)n(C)c3ccc([C@](O)(c4ccc(Cl)cc4)c4cncn4C)cc23)c1. The standard InChI is InChI=1S/C30H25ClN4O.C29H23ClN4O.C29H22ClN3O2/c1-5-20-7-6-8-21(15-20)25-17-29(36)35(4)27-14-11-23(16-26(25)27)30(32-2,28-18-33-19-34(28)3)22-9-12-24(31)13-10-22;1-4-19-6-5-7-20(14-19)24-16-28(35)34(3)26-13-10-22(15-25(24)26)29(31,27-17-32-18-33(27)2)21-8-11-23(30)12-9-21;1-4-19-6-5-7-20(14-19)24-16-28(34)33(3)26-13-10-22(15-25(24)26)29(35,27-17-31-18-32(27)2)21-8-11-23(30)12-9-21/h1,6-19,32H,2-4H3;1,5-18H,31H2,2-3H3;1,5-18,35H,2-3H3/t30-;2*29-/m111/s1. The first-order valence-electron chi connectivity index (χ1n) is 33.6. The Kier molecular flexibility index (Phi) is 20.0. The maximum Gasteiger partial charge on any atom is 0.251 e. The van der Waals surface area contributed by atoms with E-state index in [1.807, 2.05) is 207 Å². The number of hydrogen-bond donors (Lipinski definition) is 3. The maximum atomic E-state index is 12.9. The fourth-order valence-electron chi connectivity index (χ4n) is 14.2. The number of hydrogen-bond acceptors (Lipinski definition) is 9. The summed E-state index contributed by atoms with van der Waals surface area (Å²) in [5.41, 5.74) is 20.6. The van der Waals surface area contributed by atoms with Crippen molar-refractivity contribution in [3.63, 3.8) is 0 Å². The number of aliphatic hydroxyl groups is 1. The summed E-state index contributed by atoms with van der Waals surface area (Å²) >= 11 is 18.6. The molecule has 0 amide bonds. The van der Waals surface area contributed by atoms with E-state index in [1.165, 1.54) is 0 Å². The molecule has 0 saturated carbocycles. The van der Waals surface area contributed by atoms with Crippen molar-refractivity contribution >= 4 is 67.5 Å². The lowest BCUT2D eigenvalue weighted by atomic mass is 9.79. The van der Waals surface area contributed by atoms with Crippen LogP contribution in [0.2, 0.25) is 15.1 Å². The zero-order chi connectivity index (χ0) is 74.9. The Labute approximate surface area is 627 Å². The van der Waals surface area contributed by atoms with Gasteiger partial charge in [0.2, 0.25) is 0 Å². The topological polar surface area (TPSA) is 178 Å². The third-order valence-electron chi connectivity index (χ3n) is 19.9. The van der Waals surface area contributed by atoms with E-state index in [9.17, 15) is 19.5 Å². The molecule has 0 radical (unpaired) electrons. The van der Waals surface area contributed by atoms with Crippen molar-refractivity contribution in [3.8, 4) is 70.4 Å². The van der Waals surface area contributed by atoms with Crippen LogP contribution in [0.15, 0.2) is 270 Å². The van der Waals surface area contributed by atoms with Crippen molar-refractivity contribution in [2.24, 2.45) is 48.0 Å². The quantitative estimate of drug-likeness (QED) is 0.0948. The molecule has 3 atom stereocenters. The van der Waals surface area contributed by atoms with E-state index in [-0.39, 0.29) is 16.7 Å². The number of terminal acetylenes is 3. The van der Waals surface area contributed by atoms with Crippen molar-refractivity contribution < 1.29 is 5.11 Å². The number of nitrogens with zero attached hydrogens (tertiary/aromatic N) is 9. The molecule has 6 aromatic heterocycles. The second-order valence-electron chi connectivity index (χ2n) is 25.9. The lowest BCUT2D eigenvalue weighted by Gasteiger charge is -2.35. The molecule has 15 nitrogen and oxygen atoms in total. The van der Waals surface area contributed by atoms with Crippen molar-refractivity contribution in [2.45, 2.75) is 16.7 Å². The number of nitrogens with two attached hydrogens (primary N) is 1. The third-order valence-corrected chi connectivity index (χ3v) is 20.6. The summed E-state index contributed by atoms with van der Waals surface area (Å²) < 4.78 is 10.6. The number of benzene rings is 9. The molecule has 0 unspecified atom stereocenters. The van der Waals surface area contributed by atoms with Gasteiger partial charge in [-0.25, -0.2) is 15.0 Å². The molecule has 0 aliphatic rings. The number of pyridine rings is 3. The Morgan fingerprint density at radius 1 is 0.396 bits per heavy atom. The molecule has 0 saturated heterocycles. The smallest absolute Gasteiger partial charge is 0.251 e. The Hall–Kier alpha value is -12.3. The van der Waals surface area contributed by atoms with Gasteiger partial charge >= 0.3 is 0 Å². The third kappa shape index (κ3) is 13.1. The molecule has 0 aliphatic heterocycles. The number of rotatable bonds is 13. The molecular formula is C88H70Cl3N11O4. The van der Waals surface area contributed by atoms with Crippen LogP contribution in [0.5, 0.6) is 0 Å². The van der Waals surface area contributed by atoms with Gasteiger partial charge in [0, 0.05) is 108 Å². The van der Waals surface area contributed by atoms with Crippen LogP contribution in [0, 0.1) is 37.0 Å². The first-order valence-corrected chi connectivity index (χ1v) is 34.7. The summed E-state index contributed by atoms with van der Waals surface area (Å²) in [6, 6.07) is 68.0. The fourth-order valence-corrected chi connectivity index (χ4v) is 14.6. The molecule has 4 N–H and O–H groups in total. The lowest BCUT2D eigenvalue weighted by Crippen LogP contribution is -2.43. The van der Waals surface area contributed by atoms with E-state index in [0.717, 1.165) is 116 Å². The highest BCUT2D eigenvalue weighted by Crippen LogP contribution is 2.43. The van der Waals surface area contributed by atoms with Gasteiger partial charge in [0.05, 0.1) is 71.2 Å². The van der Waals surface area contributed by atoms with Crippen LogP contribution in [0.4, 0.5) is 0 Å². The Morgan fingerprint density at radius 3 is 1.10 bits per heavy atom. The number of imidazole rings is 3. The molecular weight excluding hydrogens is 1380 g/mol. The van der Waals surface area contributed by atoms with Crippen LogP contribution >= 0.6 is 34.8 Å². The average molecular weight is 1450 g/mol. The molecule has 0 fully saturated rings. The van der Waals surface area contributed by atoms with Gasteiger partial charge in [-0.1, -0.05) is 144 Å². The summed E-state index contributed by atoms with van der Waals surface area (Å²) in [5.74, 6) is 8.02. The van der Waals surface area contributed by atoms with Crippen LogP contribution in [-0.2, 0) is 59.0 Å². The van der Waals surface area contributed by atoms with Gasteiger partial charge in [-0.15, -0.1) is 19.3 Å². The number of nitrogens with one attached hydrogen (secondary N) is 1. The van der Waals surface area contributed by atoms with E-state index in [4.69, 9.17) is 59.8 Å². The van der Waals surface area contributed by atoms with Gasteiger partial charge in [0.25, 0.3) is 16.7 Å². The van der Waals surface area contributed by atoms with Gasteiger partial charge < -0.3 is 43.6 Å². The van der Waals surface area contributed by atoms with Crippen molar-refractivity contribution in [1.29, 1.82) is 0 Å². The second-order valence-corrected chi connectivity index (χ2v) is 27.3. The molecule has 0 spiro atoms. The molecule has 106 heavy (non-hydrogen) atoms. The highest BCUT2D eigenvalue weighted by Gasteiger charge is 2.40. The van der Waals surface area contributed by atoms with Gasteiger partial charge in [0.15, 0.2) is 5.60 Å². The highest BCUT2D eigenvalue weighted by atomic mass is 35.5. The van der Waals surface area contributed by atoms with E-state index < -0.39 is 16.7 Å². The monoisotopic (exact) mass is 1450 g/mol. The number of fused-ring (bicyclic) bond motifs is 3. The van der Waals surface area contributed by atoms with Crippen molar-refractivity contribution in [1.82, 2.24) is 47.7 Å². The molecule has 0 bridgehead atoms. The molecule has 15 aromatic rings. The summed E-state index contributed by atoms with van der Waals surface area (Å²) in [5, 5.41) is 20.4. The van der Waals surface area contributed by atoms with Crippen LogP contribution in [-0.4, -0.2) is 54.5 Å². The van der Waals surface area contributed by atoms with Gasteiger partial charge in [-0.05, 0) is 183 Å². The predicted molar refractivity (Wildman–Crippen MR) is 427 cm³/mol. The molecule has 18 heteroatoms. The summed E-state index contributed by atoms with van der Waals surface area (Å²) in [6.07, 6.45) is 27.4. The predicted octanol–water partition coefficient (Wildman–Crippen LogP) is 14.8. The zero-order valence-corrected chi connectivity index (χ0v) is 61.2. The molecule has 0 aliphatic carbocycles. The highest BCUT2D eigenvalue weighted by molar-refractivity contribution is 6.31. The van der Waals surface area contributed by atoms with Crippen LogP contribution in [0.1, 0.15) is 67.2 Å². The van der Waals surface area contributed by atoms with Gasteiger partial charge in [0.1, 0.15) is 11.1 Å². The first kappa shape index (κ1) is 72.0. The van der Waals surface area contributed by atoms with Gasteiger partial charge in [-0.2, -0.15) is 0 Å². The van der Waals surface area contributed by atoms with E-state index in [1.54, 1.807) is 113 Å². The Bertz CT molecular complexity index is 5990. The minimum Gasteiger partial charge on any atom is -0.374 e. The number of halogens is 3. The molecule has 9 aromatic carbocycles. The number of aromatic nitrogens is 9. The fraction of sp³-hybridized carbons (Fsp3) is 0.114. The molecule has 6 heterocycles. The second kappa shape index (κ2) is 29.4. The van der Waals surface area contributed by atoms with Gasteiger partial charge in [-0.3, -0.25) is 14.4 Å². The van der Waals surface area contributed by atoms with E-state index in [0.29, 0.717) is 31.9 Å². The van der Waals surface area contributed by atoms with Crippen LogP contribution in [0.25, 0.3) is 66.1 Å². The van der Waals surface area contributed by atoms with Crippen molar-refractivity contribution in [2.75, 3.05) is 7.05 Å². The summed E-state index contributed by atoms with van der Waals surface area (Å²) in [4.78, 5) is 51.5. The Balaban J connectivity index is 0.000000141.